The molecule has 0 atom stereocenters. The summed E-state index contributed by atoms with van der Waals surface area (Å²) in [6, 6.07) is 7.36. The number of nitrogens with zero attached hydrogens (tertiary/aromatic N) is 1. The van der Waals surface area contributed by atoms with Gasteiger partial charge in [0.25, 0.3) is 5.91 Å². The molecule has 2 rings (SSSR count). The maximum absolute atomic E-state index is 11.8. The molecule has 1 heterocycles. The second-order valence-corrected chi connectivity index (χ2v) is 3.89. The van der Waals surface area contributed by atoms with Crippen LogP contribution in [0.25, 0.3) is 6.08 Å². The van der Waals surface area contributed by atoms with E-state index in [0.717, 1.165) is 11.1 Å². The van der Waals surface area contributed by atoms with E-state index in [-0.39, 0.29) is 11.9 Å². The van der Waals surface area contributed by atoms with Crippen molar-refractivity contribution in [3.63, 3.8) is 0 Å². The molecule has 0 bridgehead atoms. The lowest BCUT2D eigenvalue weighted by molar-refractivity contribution is -0.122. The molecule has 88 valence electrons. The van der Waals surface area contributed by atoms with Gasteiger partial charge in [-0.3, -0.25) is 9.69 Å². The molecule has 0 unspecified atom stereocenters. The molecule has 0 aromatic heterocycles. The number of urea groups is 1. The molecule has 1 aromatic carbocycles. The number of nitrogens with one attached hydrogen (secondary N) is 1. The van der Waals surface area contributed by atoms with Crippen molar-refractivity contribution >= 4 is 18.0 Å². The average Bonchev–Trinajstić information content (AvgIpc) is 2.57. The summed E-state index contributed by atoms with van der Waals surface area (Å²) in [5, 5.41) is 2.58. The van der Waals surface area contributed by atoms with Crippen LogP contribution in [0.4, 0.5) is 4.79 Å². The van der Waals surface area contributed by atoms with Gasteiger partial charge in [0, 0.05) is 6.54 Å². The van der Waals surface area contributed by atoms with Gasteiger partial charge in [-0.25, -0.2) is 4.79 Å². The number of hydrogen-bond donors (Lipinski definition) is 1. The Kier molecular flexibility index (Phi) is 2.95. The van der Waals surface area contributed by atoms with E-state index in [9.17, 15) is 9.59 Å². The first-order chi connectivity index (χ1) is 8.13. The van der Waals surface area contributed by atoms with E-state index in [1.165, 1.54) is 4.90 Å². The third-order valence-electron chi connectivity index (χ3n) is 2.77. The van der Waals surface area contributed by atoms with Crippen LogP contribution in [0.2, 0.25) is 0 Å². The highest BCUT2D eigenvalue weighted by atomic mass is 16.2. The van der Waals surface area contributed by atoms with E-state index in [1.54, 1.807) is 13.0 Å². The average molecular weight is 230 g/mol. The van der Waals surface area contributed by atoms with Gasteiger partial charge in [0.15, 0.2) is 0 Å². The minimum atomic E-state index is -0.350. The topological polar surface area (TPSA) is 49.4 Å². The van der Waals surface area contributed by atoms with Crippen molar-refractivity contribution in [3.05, 3.63) is 41.1 Å². The van der Waals surface area contributed by atoms with E-state index in [2.05, 4.69) is 5.32 Å². The van der Waals surface area contributed by atoms with Crippen LogP contribution in [0.1, 0.15) is 18.1 Å². The Hall–Kier alpha value is -2.10. The second-order valence-electron chi connectivity index (χ2n) is 3.89. The Morgan fingerprint density at radius 1 is 1.29 bits per heavy atom. The molecule has 4 heteroatoms. The lowest BCUT2D eigenvalue weighted by Gasteiger charge is -2.06. The number of benzene rings is 1. The molecule has 0 spiro atoms. The summed E-state index contributed by atoms with van der Waals surface area (Å²) < 4.78 is 0. The maximum Gasteiger partial charge on any atom is 0.328 e. The van der Waals surface area contributed by atoms with Crippen molar-refractivity contribution in [1.82, 2.24) is 10.2 Å². The normalized spacial score (nSPS) is 17.8. The van der Waals surface area contributed by atoms with Crippen molar-refractivity contribution in [3.8, 4) is 0 Å². The third kappa shape index (κ3) is 2.06. The molecule has 0 saturated carbocycles. The number of likely N-dealkylation sites (N-methyl/N-ethyl adjacent to an activating group) is 1. The van der Waals surface area contributed by atoms with Crippen LogP contribution < -0.4 is 5.32 Å². The maximum atomic E-state index is 11.8. The molecule has 1 saturated heterocycles. The Morgan fingerprint density at radius 3 is 2.59 bits per heavy atom. The van der Waals surface area contributed by atoms with Gasteiger partial charge in [0.05, 0.1) is 0 Å². The highest BCUT2D eigenvalue weighted by molar-refractivity contribution is 6.13. The monoisotopic (exact) mass is 230 g/mol. The van der Waals surface area contributed by atoms with E-state index >= 15 is 0 Å². The van der Waals surface area contributed by atoms with Crippen molar-refractivity contribution in [2.75, 3.05) is 6.54 Å². The molecule has 1 aliphatic rings. The van der Waals surface area contributed by atoms with Crippen LogP contribution >= 0.6 is 0 Å². The lowest BCUT2D eigenvalue weighted by atomic mass is 10.1. The Morgan fingerprint density at radius 2 is 2.00 bits per heavy atom. The largest absolute Gasteiger partial charge is 0.328 e. The van der Waals surface area contributed by atoms with Gasteiger partial charge < -0.3 is 5.32 Å². The highest BCUT2D eigenvalue weighted by Crippen LogP contribution is 2.15. The molecule has 0 radical (unpaired) electrons. The first kappa shape index (κ1) is 11.4. The van der Waals surface area contributed by atoms with Crippen molar-refractivity contribution in [2.45, 2.75) is 13.8 Å². The van der Waals surface area contributed by atoms with E-state index in [4.69, 9.17) is 0 Å². The first-order valence-corrected chi connectivity index (χ1v) is 5.53. The van der Waals surface area contributed by atoms with Gasteiger partial charge in [-0.15, -0.1) is 0 Å². The summed E-state index contributed by atoms with van der Waals surface area (Å²) in [6.45, 7) is 4.12. The van der Waals surface area contributed by atoms with Crippen LogP contribution in [-0.2, 0) is 4.79 Å². The predicted octanol–water partition coefficient (Wildman–Crippen LogP) is 1.91. The summed E-state index contributed by atoms with van der Waals surface area (Å²) in [5.41, 5.74) is 2.34. The smallest absolute Gasteiger partial charge is 0.303 e. The quantitative estimate of drug-likeness (QED) is 0.623. The number of amides is 3. The van der Waals surface area contributed by atoms with Crippen LogP contribution in [-0.4, -0.2) is 23.4 Å². The number of carbonyl (C=O) groups excluding carboxylic acids is 2. The fourth-order valence-electron chi connectivity index (χ4n) is 1.76. The summed E-state index contributed by atoms with van der Waals surface area (Å²) in [5.74, 6) is -0.263. The molecule has 1 N–H and O–H groups in total. The summed E-state index contributed by atoms with van der Waals surface area (Å²) in [4.78, 5) is 24.5. The van der Waals surface area contributed by atoms with Gasteiger partial charge in [-0.1, -0.05) is 24.3 Å². The molecule has 17 heavy (non-hydrogen) atoms. The number of imide groups is 1. The van der Waals surface area contributed by atoms with Gasteiger partial charge in [0.1, 0.15) is 5.70 Å². The Bertz CT molecular complexity index is 506. The van der Waals surface area contributed by atoms with Crippen molar-refractivity contribution in [2.24, 2.45) is 0 Å². The van der Waals surface area contributed by atoms with Crippen LogP contribution in [0, 0.1) is 6.92 Å². The minimum Gasteiger partial charge on any atom is -0.303 e. The molecule has 1 aromatic rings. The second kappa shape index (κ2) is 4.41. The van der Waals surface area contributed by atoms with E-state index in [1.807, 2.05) is 31.2 Å². The molecular weight excluding hydrogens is 216 g/mol. The molecule has 0 aliphatic carbocycles. The highest BCUT2D eigenvalue weighted by Gasteiger charge is 2.31. The standard InChI is InChI=1S/C13H14N2O2/c1-3-15-12(16)11(14-13(15)17)8-10-7-5-4-6-9(10)2/h4-8H,3H2,1-2H3,(H,14,17). The molecule has 3 amide bonds. The summed E-state index contributed by atoms with van der Waals surface area (Å²) >= 11 is 0. The molecule has 1 fully saturated rings. The van der Waals surface area contributed by atoms with Crippen LogP contribution in [0.15, 0.2) is 30.0 Å². The van der Waals surface area contributed by atoms with Crippen molar-refractivity contribution < 1.29 is 9.59 Å². The molecule has 4 nitrogen and oxygen atoms in total. The van der Waals surface area contributed by atoms with Crippen LogP contribution in [0.3, 0.4) is 0 Å². The van der Waals surface area contributed by atoms with Gasteiger partial charge in [-0.05, 0) is 31.1 Å². The van der Waals surface area contributed by atoms with Gasteiger partial charge >= 0.3 is 6.03 Å². The van der Waals surface area contributed by atoms with Crippen molar-refractivity contribution in [1.29, 1.82) is 0 Å². The Balaban J connectivity index is 2.34. The predicted molar refractivity (Wildman–Crippen MR) is 65.1 cm³/mol. The fourth-order valence-corrected chi connectivity index (χ4v) is 1.76. The fraction of sp³-hybridized carbons (Fsp3) is 0.231. The third-order valence-corrected chi connectivity index (χ3v) is 2.77. The number of aryl methyl sites for hydroxylation is 1. The zero-order valence-electron chi connectivity index (χ0n) is 9.86. The molecule has 1 aliphatic heterocycles. The van der Waals surface area contributed by atoms with Crippen LogP contribution in [0.5, 0.6) is 0 Å². The Labute approximate surface area is 99.9 Å². The molecular formula is C13H14N2O2. The minimum absolute atomic E-state index is 0.263. The summed E-state index contributed by atoms with van der Waals surface area (Å²) in [6.07, 6.45) is 1.71. The lowest BCUT2D eigenvalue weighted by Crippen LogP contribution is -2.30. The number of carbonyl (C=O) groups is 2. The SMILES string of the molecule is CCN1C(=O)NC(=Cc2ccccc2C)C1=O. The van der Waals surface area contributed by atoms with E-state index < -0.39 is 0 Å². The van der Waals surface area contributed by atoms with E-state index in [0.29, 0.717) is 12.2 Å². The zero-order chi connectivity index (χ0) is 12.4. The summed E-state index contributed by atoms with van der Waals surface area (Å²) in [7, 11) is 0. The van der Waals surface area contributed by atoms with Gasteiger partial charge in [-0.2, -0.15) is 0 Å². The number of hydrogen-bond acceptors (Lipinski definition) is 2. The van der Waals surface area contributed by atoms with Gasteiger partial charge in [0.2, 0.25) is 0 Å². The first-order valence-electron chi connectivity index (χ1n) is 5.53. The number of rotatable bonds is 2. The zero-order valence-corrected chi connectivity index (χ0v) is 9.86.